The molecule has 0 atom stereocenters. The molecule has 7 nitrogen and oxygen atoms in total. The summed E-state index contributed by atoms with van der Waals surface area (Å²) in [5, 5.41) is 9.90. The molecule has 1 aromatic carbocycles. The number of amides is 1. The van der Waals surface area contributed by atoms with E-state index in [4.69, 9.17) is 5.73 Å². The Hall–Kier alpha value is -3.43. The Balaban J connectivity index is 2.03. The summed E-state index contributed by atoms with van der Waals surface area (Å²) in [6, 6.07) is 8.39. The van der Waals surface area contributed by atoms with Gasteiger partial charge in [0.05, 0.1) is 11.3 Å². The molecule has 3 rings (SSSR count). The zero-order valence-electron chi connectivity index (χ0n) is 14.4. The van der Waals surface area contributed by atoms with Gasteiger partial charge in [-0.05, 0) is 12.1 Å². The summed E-state index contributed by atoms with van der Waals surface area (Å²) in [7, 11) is 3.23. The van der Waals surface area contributed by atoms with E-state index in [-0.39, 0.29) is 22.9 Å². The number of primary amides is 1. The first kappa shape index (κ1) is 18.4. The molecule has 140 valence electrons. The number of carbonyl (C=O) groups is 1. The molecule has 0 saturated heterocycles. The molecule has 3 aromatic rings. The zero-order chi connectivity index (χ0) is 19.8. The number of alkyl halides is 3. The Labute approximate surface area is 152 Å². The van der Waals surface area contributed by atoms with Crippen LogP contribution in [0.2, 0.25) is 0 Å². The van der Waals surface area contributed by atoms with Gasteiger partial charge in [-0.3, -0.25) is 4.79 Å². The average Bonchev–Trinajstić information content (AvgIpc) is 3.11. The van der Waals surface area contributed by atoms with Crippen molar-refractivity contribution in [1.29, 1.82) is 0 Å². The van der Waals surface area contributed by atoms with E-state index >= 15 is 0 Å². The summed E-state index contributed by atoms with van der Waals surface area (Å²) in [4.78, 5) is 17.1. The fourth-order valence-corrected chi connectivity index (χ4v) is 2.46. The van der Waals surface area contributed by atoms with Crippen LogP contribution in [0.1, 0.15) is 16.1 Å². The normalized spacial score (nSPS) is 11.4. The summed E-state index contributed by atoms with van der Waals surface area (Å²) < 4.78 is 39.6. The standard InChI is InChI=1S/C17H15F3N6O/c1-26(2)13-8-11(17(18,19)20)7-12(22-13)9-3-5-10(6-4-9)14-15(16(21)27)24-25-23-14/h3-8H,1-2H3,(H2,21,27)(H,23,24,25). The van der Waals surface area contributed by atoms with Crippen LogP contribution < -0.4 is 10.6 Å². The first-order valence-electron chi connectivity index (χ1n) is 7.75. The molecule has 2 aromatic heterocycles. The molecule has 3 N–H and O–H groups in total. The van der Waals surface area contributed by atoms with Gasteiger partial charge in [0, 0.05) is 25.2 Å². The number of rotatable bonds is 4. The molecule has 0 saturated carbocycles. The van der Waals surface area contributed by atoms with Gasteiger partial charge < -0.3 is 10.6 Å². The van der Waals surface area contributed by atoms with Crippen LogP contribution in [-0.4, -0.2) is 40.4 Å². The van der Waals surface area contributed by atoms with E-state index in [1.807, 2.05) is 0 Å². The number of nitrogens with zero attached hydrogens (tertiary/aromatic N) is 4. The number of hydrogen-bond acceptors (Lipinski definition) is 5. The van der Waals surface area contributed by atoms with Gasteiger partial charge in [0.2, 0.25) is 0 Å². The van der Waals surface area contributed by atoms with Crippen molar-refractivity contribution in [3.63, 3.8) is 0 Å². The molecule has 0 fully saturated rings. The van der Waals surface area contributed by atoms with Crippen molar-refractivity contribution >= 4 is 11.7 Å². The third-order valence-corrected chi connectivity index (χ3v) is 3.83. The number of hydrogen-bond donors (Lipinski definition) is 2. The van der Waals surface area contributed by atoms with Gasteiger partial charge in [-0.25, -0.2) is 4.98 Å². The second-order valence-corrected chi connectivity index (χ2v) is 5.95. The maximum atomic E-state index is 13.2. The van der Waals surface area contributed by atoms with Gasteiger partial charge in [-0.1, -0.05) is 24.3 Å². The van der Waals surface area contributed by atoms with Crippen LogP contribution in [-0.2, 0) is 6.18 Å². The van der Waals surface area contributed by atoms with E-state index in [2.05, 4.69) is 20.4 Å². The minimum Gasteiger partial charge on any atom is -0.364 e. The van der Waals surface area contributed by atoms with E-state index < -0.39 is 17.6 Å². The van der Waals surface area contributed by atoms with Crippen LogP contribution in [0.5, 0.6) is 0 Å². The van der Waals surface area contributed by atoms with Crippen molar-refractivity contribution in [3.8, 4) is 22.5 Å². The second kappa shape index (κ2) is 6.71. The van der Waals surface area contributed by atoms with Crippen molar-refractivity contribution in [3.05, 3.63) is 47.7 Å². The second-order valence-electron chi connectivity index (χ2n) is 5.95. The molecule has 0 aliphatic rings. The zero-order valence-corrected chi connectivity index (χ0v) is 14.4. The van der Waals surface area contributed by atoms with Crippen molar-refractivity contribution in [2.45, 2.75) is 6.18 Å². The minimum absolute atomic E-state index is 0.0187. The first-order valence-corrected chi connectivity index (χ1v) is 7.75. The largest absolute Gasteiger partial charge is 0.416 e. The number of carbonyl (C=O) groups excluding carboxylic acids is 1. The van der Waals surface area contributed by atoms with Crippen LogP contribution in [0.3, 0.4) is 0 Å². The Kier molecular flexibility index (Phi) is 4.56. The number of benzene rings is 1. The molecule has 10 heteroatoms. The summed E-state index contributed by atoms with van der Waals surface area (Å²) >= 11 is 0. The number of aromatic nitrogens is 4. The number of anilines is 1. The topological polar surface area (TPSA) is 101 Å². The van der Waals surface area contributed by atoms with Crippen LogP contribution in [0, 0.1) is 0 Å². The van der Waals surface area contributed by atoms with E-state index in [0.717, 1.165) is 12.1 Å². The third-order valence-electron chi connectivity index (χ3n) is 3.83. The fourth-order valence-electron chi connectivity index (χ4n) is 2.46. The van der Waals surface area contributed by atoms with Crippen molar-refractivity contribution in [2.24, 2.45) is 5.73 Å². The number of pyridine rings is 1. The monoisotopic (exact) mass is 376 g/mol. The Morgan fingerprint density at radius 2 is 1.70 bits per heavy atom. The first-order chi connectivity index (χ1) is 12.7. The SMILES string of the molecule is CN(C)c1cc(C(F)(F)F)cc(-c2ccc(-c3n[nH]nc3C(N)=O)cc2)n1. The van der Waals surface area contributed by atoms with Gasteiger partial charge in [-0.2, -0.15) is 28.6 Å². The molecule has 0 spiro atoms. The van der Waals surface area contributed by atoms with E-state index in [9.17, 15) is 18.0 Å². The van der Waals surface area contributed by atoms with E-state index in [1.54, 1.807) is 38.4 Å². The average molecular weight is 376 g/mol. The molecule has 1 amide bonds. The number of aromatic amines is 1. The summed E-state index contributed by atoms with van der Waals surface area (Å²) in [5.74, 6) is -0.547. The number of nitrogens with one attached hydrogen (secondary N) is 1. The van der Waals surface area contributed by atoms with Gasteiger partial charge >= 0.3 is 6.18 Å². The van der Waals surface area contributed by atoms with Gasteiger partial charge in [0.1, 0.15) is 11.5 Å². The molecular formula is C17H15F3N6O. The highest BCUT2D eigenvalue weighted by Gasteiger charge is 2.32. The summed E-state index contributed by atoms with van der Waals surface area (Å²) in [5.41, 5.74) is 5.90. The highest BCUT2D eigenvalue weighted by atomic mass is 19.4. The summed E-state index contributed by atoms with van der Waals surface area (Å²) in [6.45, 7) is 0. The van der Waals surface area contributed by atoms with Crippen LogP contribution in [0.4, 0.5) is 19.0 Å². The number of H-pyrrole nitrogens is 1. The minimum atomic E-state index is -4.49. The lowest BCUT2D eigenvalue weighted by atomic mass is 10.0. The predicted molar refractivity (Wildman–Crippen MR) is 92.9 cm³/mol. The molecule has 0 aliphatic heterocycles. The lowest BCUT2D eigenvalue weighted by Gasteiger charge is -2.16. The quantitative estimate of drug-likeness (QED) is 0.729. The smallest absolute Gasteiger partial charge is 0.364 e. The lowest BCUT2D eigenvalue weighted by Crippen LogP contribution is -2.14. The van der Waals surface area contributed by atoms with Crippen LogP contribution in [0.25, 0.3) is 22.5 Å². The molecule has 0 bridgehead atoms. The Morgan fingerprint density at radius 1 is 1.07 bits per heavy atom. The van der Waals surface area contributed by atoms with Crippen LogP contribution >= 0.6 is 0 Å². The predicted octanol–water partition coefficient (Wildman–Crippen LogP) is 2.72. The highest BCUT2D eigenvalue weighted by Crippen LogP contribution is 2.34. The molecule has 0 aliphatic carbocycles. The Morgan fingerprint density at radius 3 is 2.26 bits per heavy atom. The van der Waals surface area contributed by atoms with Gasteiger partial charge in [-0.15, -0.1) is 0 Å². The van der Waals surface area contributed by atoms with Crippen molar-refractivity contribution < 1.29 is 18.0 Å². The maximum absolute atomic E-state index is 13.2. The molecule has 0 radical (unpaired) electrons. The Bertz CT molecular complexity index is 979. The lowest BCUT2D eigenvalue weighted by molar-refractivity contribution is -0.137. The van der Waals surface area contributed by atoms with E-state index in [0.29, 0.717) is 11.1 Å². The molecule has 0 unspecified atom stereocenters. The highest BCUT2D eigenvalue weighted by molar-refractivity contribution is 5.96. The number of nitrogens with two attached hydrogens (primary N) is 1. The summed E-state index contributed by atoms with van der Waals surface area (Å²) in [6.07, 6.45) is -4.49. The fraction of sp³-hybridized carbons (Fsp3) is 0.176. The molecule has 27 heavy (non-hydrogen) atoms. The van der Waals surface area contributed by atoms with Crippen molar-refractivity contribution in [2.75, 3.05) is 19.0 Å². The third kappa shape index (κ3) is 3.73. The van der Waals surface area contributed by atoms with E-state index in [1.165, 1.54) is 4.90 Å². The van der Waals surface area contributed by atoms with Crippen molar-refractivity contribution in [1.82, 2.24) is 20.4 Å². The van der Waals surface area contributed by atoms with Gasteiger partial charge in [0.25, 0.3) is 5.91 Å². The maximum Gasteiger partial charge on any atom is 0.416 e. The number of halogens is 3. The molecular weight excluding hydrogens is 361 g/mol. The van der Waals surface area contributed by atoms with Crippen LogP contribution in [0.15, 0.2) is 36.4 Å². The van der Waals surface area contributed by atoms with Gasteiger partial charge in [0.15, 0.2) is 5.69 Å². The molecule has 2 heterocycles.